The number of rotatable bonds is 4. The van der Waals surface area contributed by atoms with E-state index in [0.717, 1.165) is 16.3 Å². The number of thiazole rings is 1. The van der Waals surface area contributed by atoms with Crippen LogP contribution in [-0.4, -0.2) is 11.0 Å². The van der Waals surface area contributed by atoms with Crippen molar-refractivity contribution in [1.29, 1.82) is 0 Å². The Balaban J connectivity index is 2.43. The fourth-order valence-electron chi connectivity index (χ4n) is 1.96. The smallest absolute Gasteiger partial charge is 0.115 e. The number of nitrogens with one attached hydrogen (secondary N) is 1. The highest BCUT2D eigenvalue weighted by Gasteiger charge is 2.20. The lowest BCUT2D eigenvalue weighted by molar-refractivity contribution is 0.526. The number of hydrogen-bond acceptors (Lipinski definition) is 3. The van der Waals surface area contributed by atoms with Gasteiger partial charge in [-0.25, -0.2) is 4.98 Å². The summed E-state index contributed by atoms with van der Waals surface area (Å²) in [6, 6.07) is 6.14. The summed E-state index contributed by atoms with van der Waals surface area (Å²) in [5, 5.41) is 5.76. The van der Waals surface area contributed by atoms with Crippen molar-refractivity contribution < 1.29 is 0 Å². The first-order valence-electron chi connectivity index (χ1n) is 6.53. The van der Waals surface area contributed by atoms with Gasteiger partial charge in [-0.2, -0.15) is 0 Å². The van der Waals surface area contributed by atoms with Gasteiger partial charge in [-0.05, 0) is 45.4 Å². The van der Waals surface area contributed by atoms with Gasteiger partial charge in [0.05, 0.1) is 21.8 Å². The first-order valence-corrected chi connectivity index (χ1v) is 8.10. The third-order valence-electron chi connectivity index (χ3n) is 3.07. The van der Waals surface area contributed by atoms with Crippen molar-refractivity contribution in [1.82, 2.24) is 10.3 Å². The molecular weight excluding hydrogens is 311 g/mol. The number of aromatic nitrogens is 1. The van der Waals surface area contributed by atoms with E-state index in [9.17, 15) is 0 Å². The van der Waals surface area contributed by atoms with Gasteiger partial charge in [-0.3, -0.25) is 0 Å². The molecule has 0 saturated carbocycles. The van der Waals surface area contributed by atoms with Gasteiger partial charge in [0.15, 0.2) is 0 Å². The monoisotopic (exact) mass is 328 g/mol. The van der Waals surface area contributed by atoms with Crippen LogP contribution in [0.15, 0.2) is 18.2 Å². The molecule has 0 radical (unpaired) electrons. The van der Waals surface area contributed by atoms with E-state index in [1.807, 2.05) is 25.1 Å². The largest absolute Gasteiger partial charge is 0.302 e. The Kier molecular flexibility index (Phi) is 5.08. The maximum atomic E-state index is 6.14. The Hall–Kier alpha value is -0.610. The van der Waals surface area contributed by atoms with E-state index < -0.39 is 0 Å². The van der Waals surface area contributed by atoms with Crippen molar-refractivity contribution in [2.45, 2.75) is 39.8 Å². The predicted molar refractivity (Wildman–Crippen MR) is 88.2 cm³/mol. The standard InChI is InChI=1S/C15H18Cl2N2S/c1-8(2)18-14(15-19-9(3)10(4)20-15)11-5-6-12(16)13(17)7-11/h5-8,14,18H,1-4H3. The van der Waals surface area contributed by atoms with Crippen LogP contribution in [0.2, 0.25) is 10.0 Å². The van der Waals surface area contributed by atoms with Gasteiger partial charge in [-0.15, -0.1) is 11.3 Å². The minimum atomic E-state index is 0.0437. The highest BCUT2D eigenvalue weighted by molar-refractivity contribution is 7.11. The molecule has 1 atom stereocenters. The van der Waals surface area contributed by atoms with Crippen LogP contribution >= 0.6 is 34.5 Å². The van der Waals surface area contributed by atoms with Crippen molar-refractivity contribution in [3.8, 4) is 0 Å². The topological polar surface area (TPSA) is 24.9 Å². The second kappa shape index (κ2) is 6.44. The molecule has 0 bridgehead atoms. The molecule has 5 heteroatoms. The van der Waals surface area contributed by atoms with Gasteiger partial charge in [0.1, 0.15) is 5.01 Å². The van der Waals surface area contributed by atoms with Crippen LogP contribution in [0.4, 0.5) is 0 Å². The summed E-state index contributed by atoms with van der Waals surface area (Å²) in [6.07, 6.45) is 0. The highest BCUT2D eigenvalue weighted by atomic mass is 35.5. The molecule has 0 spiro atoms. The zero-order chi connectivity index (χ0) is 14.9. The van der Waals surface area contributed by atoms with Gasteiger partial charge in [0.2, 0.25) is 0 Å². The lowest BCUT2D eigenvalue weighted by Gasteiger charge is -2.20. The molecule has 1 aromatic carbocycles. The van der Waals surface area contributed by atoms with Crippen molar-refractivity contribution in [3.63, 3.8) is 0 Å². The first kappa shape index (κ1) is 15.8. The number of halogens is 2. The van der Waals surface area contributed by atoms with Gasteiger partial charge in [-0.1, -0.05) is 29.3 Å². The Bertz CT molecular complexity index is 588. The van der Waals surface area contributed by atoms with E-state index in [-0.39, 0.29) is 6.04 Å². The SMILES string of the molecule is Cc1nc(C(NC(C)C)c2ccc(Cl)c(Cl)c2)sc1C. The van der Waals surface area contributed by atoms with Gasteiger partial charge < -0.3 is 5.32 Å². The number of nitrogens with zero attached hydrogens (tertiary/aromatic N) is 1. The third-order valence-corrected chi connectivity index (χ3v) is 4.95. The Morgan fingerprint density at radius 1 is 1.15 bits per heavy atom. The highest BCUT2D eigenvalue weighted by Crippen LogP contribution is 2.32. The number of hydrogen-bond donors (Lipinski definition) is 1. The molecule has 0 fully saturated rings. The lowest BCUT2D eigenvalue weighted by atomic mass is 10.1. The van der Waals surface area contributed by atoms with E-state index in [2.05, 4.69) is 31.1 Å². The fraction of sp³-hybridized carbons (Fsp3) is 0.400. The molecule has 1 N–H and O–H groups in total. The molecule has 2 nitrogen and oxygen atoms in total. The molecule has 1 heterocycles. The average Bonchev–Trinajstić information content (AvgIpc) is 2.70. The molecule has 0 aliphatic carbocycles. The normalized spacial score (nSPS) is 12.9. The molecule has 0 amide bonds. The Morgan fingerprint density at radius 3 is 2.35 bits per heavy atom. The summed E-state index contributed by atoms with van der Waals surface area (Å²) < 4.78 is 0. The second-order valence-electron chi connectivity index (χ2n) is 5.12. The minimum absolute atomic E-state index is 0.0437. The van der Waals surface area contributed by atoms with Crippen molar-refractivity contribution >= 4 is 34.5 Å². The van der Waals surface area contributed by atoms with Crippen LogP contribution in [0.25, 0.3) is 0 Å². The van der Waals surface area contributed by atoms with Crippen LogP contribution in [0.3, 0.4) is 0 Å². The van der Waals surface area contributed by atoms with Crippen LogP contribution < -0.4 is 5.32 Å². The Morgan fingerprint density at radius 2 is 1.85 bits per heavy atom. The Labute approximate surface area is 134 Å². The lowest BCUT2D eigenvalue weighted by Crippen LogP contribution is -2.28. The van der Waals surface area contributed by atoms with Gasteiger partial charge >= 0.3 is 0 Å². The molecule has 0 saturated heterocycles. The first-order chi connectivity index (χ1) is 9.38. The molecular formula is C15H18Cl2N2S. The molecule has 1 aromatic heterocycles. The summed E-state index contributed by atoms with van der Waals surface area (Å²) >= 11 is 13.9. The molecule has 1 unspecified atom stereocenters. The van der Waals surface area contributed by atoms with Crippen LogP contribution in [0, 0.1) is 13.8 Å². The van der Waals surface area contributed by atoms with Gasteiger partial charge in [0, 0.05) is 10.9 Å². The van der Waals surface area contributed by atoms with Gasteiger partial charge in [0.25, 0.3) is 0 Å². The summed E-state index contributed by atoms with van der Waals surface area (Å²) in [5.74, 6) is 0. The molecule has 0 aliphatic rings. The second-order valence-corrected chi connectivity index (χ2v) is 7.17. The zero-order valence-corrected chi connectivity index (χ0v) is 14.3. The quantitative estimate of drug-likeness (QED) is 0.839. The minimum Gasteiger partial charge on any atom is -0.302 e. The summed E-state index contributed by atoms with van der Waals surface area (Å²) in [4.78, 5) is 5.92. The predicted octanol–water partition coefficient (Wildman–Crippen LogP) is 5.15. The molecule has 0 aliphatic heterocycles. The van der Waals surface area contributed by atoms with Crippen LogP contribution in [0.5, 0.6) is 0 Å². The van der Waals surface area contributed by atoms with E-state index in [0.29, 0.717) is 16.1 Å². The fourth-order valence-corrected chi connectivity index (χ4v) is 3.27. The summed E-state index contributed by atoms with van der Waals surface area (Å²) in [5.41, 5.74) is 2.17. The number of aryl methyl sites for hydroxylation is 2. The van der Waals surface area contributed by atoms with Crippen LogP contribution in [0.1, 0.15) is 41.0 Å². The summed E-state index contributed by atoms with van der Waals surface area (Å²) in [6.45, 7) is 8.38. The molecule has 2 aromatic rings. The van der Waals surface area contributed by atoms with Crippen molar-refractivity contribution in [3.05, 3.63) is 49.4 Å². The maximum absolute atomic E-state index is 6.14. The average molecular weight is 329 g/mol. The van der Waals surface area contributed by atoms with E-state index in [4.69, 9.17) is 23.2 Å². The molecule has 108 valence electrons. The van der Waals surface area contributed by atoms with E-state index in [1.165, 1.54) is 4.88 Å². The molecule has 2 rings (SSSR count). The van der Waals surface area contributed by atoms with Crippen LogP contribution in [-0.2, 0) is 0 Å². The van der Waals surface area contributed by atoms with E-state index >= 15 is 0 Å². The number of benzene rings is 1. The maximum Gasteiger partial charge on any atom is 0.115 e. The summed E-state index contributed by atoms with van der Waals surface area (Å²) in [7, 11) is 0. The zero-order valence-electron chi connectivity index (χ0n) is 12.0. The van der Waals surface area contributed by atoms with E-state index in [1.54, 1.807) is 11.3 Å². The van der Waals surface area contributed by atoms with Crippen molar-refractivity contribution in [2.75, 3.05) is 0 Å². The molecule has 20 heavy (non-hydrogen) atoms. The van der Waals surface area contributed by atoms with Crippen molar-refractivity contribution in [2.24, 2.45) is 0 Å². The third kappa shape index (κ3) is 3.53.